The molecule has 1 aromatic carbocycles. The highest BCUT2D eigenvalue weighted by Crippen LogP contribution is 2.27. The van der Waals surface area contributed by atoms with Crippen LogP contribution in [0.25, 0.3) is 0 Å². The molecule has 0 saturated carbocycles. The number of ether oxygens (including phenoxy) is 1. The Bertz CT molecular complexity index is 855. The van der Waals surface area contributed by atoms with E-state index in [1.807, 2.05) is 39.8 Å². The minimum absolute atomic E-state index is 0.0262. The third-order valence-corrected chi connectivity index (χ3v) is 4.79. The number of nitrogens with one attached hydrogen (secondary N) is 2. The van der Waals surface area contributed by atoms with Gasteiger partial charge in [-0.1, -0.05) is 24.6 Å². The third kappa shape index (κ3) is 7.51. The lowest BCUT2D eigenvalue weighted by Gasteiger charge is -2.31. The van der Waals surface area contributed by atoms with Crippen molar-refractivity contribution >= 4 is 30.5 Å². The Labute approximate surface area is 190 Å². The summed E-state index contributed by atoms with van der Waals surface area (Å²) in [5.41, 5.74) is 1.68. The molecule has 31 heavy (non-hydrogen) atoms. The highest BCUT2D eigenvalue weighted by atomic mass is 32.1. The number of amides is 3. The number of aryl methyl sites for hydroxylation is 1. The molecule has 3 amide bonds. The predicted octanol–water partition coefficient (Wildman–Crippen LogP) is 3.11. The van der Waals surface area contributed by atoms with Crippen molar-refractivity contribution in [3.63, 3.8) is 0 Å². The monoisotopic (exact) mass is 447 g/mol. The van der Waals surface area contributed by atoms with Crippen LogP contribution < -0.4 is 10.6 Å². The first-order chi connectivity index (χ1) is 14.3. The van der Waals surface area contributed by atoms with Crippen molar-refractivity contribution in [2.24, 2.45) is 0 Å². The van der Waals surface area contributed by atoms with Gasteiger partial charge in [0.2, 0.25) is 5.91 Å². The summed E-state index contributed by atoms with van der Waals surface area (Å²) in [6.45, 7) is 12.6. The van der Waals surface area contributed by atoms with Gasteiger partial charge in [-0.15, -0.1) is 0 Å². The fraction of sp³-hybridized carbons (Fsp3) is 0.522. The van der Waals surface area contributed by atoms with Gasteiger partial charge < -0.3 is 15.4 Å². The predicted molar refractivity (Wildman–Crippen MR) is 125 cm³/mol. The van der Waals surface area contributed by atoms with Crippen molar-refractivity contribution in [2.45, 2.75) is 72.2 Å². The largest absolute Gasteiger partial charge is 0.444 e. The van der Waals surface area contributed by atoms with E-state index in [1.54, 1.807) is 26.8 Å². The van der Waals surface area contributed by atoms with E-state index in [1.165, 1.54) is 0 Å². The first-order valence-corrected chi connectivity index (χ1v) is 10.7. The summed E-state index contributed by atoms with van der Waals surface area (Å²) in [4.78, 5) is 39.6. The Morgan fingerprint density at radius 1 is 1.19 bits per heavy atom. The highest BCUT2D eigenvalue weighted by Gasteiger charge is 2.36. The zero-order valence-electron chi connectivity index (χ0n) is 19.3. The van der Waals surface area contributed by atoms with E-state index in [0.717, 1.165) is 16.0 Å². The van der Waals surface area contributed by atoms with Crippen LogP contribution in [0.15, 0.2) is 18.2 Å². The molecule has 0 radical (unpaired) electrons. The standard InChI is InChI=1S/C23H33N3O4S/c1-9-26(21(28)18(13-31)25-22(29)30-23(6,7)8)19(20(27)24-14(2)3)17-12-10-11-15(4)16(17)5/h1,10-12,14,18-19,31H,13H2,2-8H3,(H,24,27)(H,25,29). The van der Waals surface area contributed by atoms with Crippen molar-refractivity contribution in [1.29, 1.82) is 0 Å². The number of hydrogen-bond donors (Lipinski definition) is 3. The number of alkyl carbamates (subject to hydrolysis) is 1. The second-order valence-corrected chi connectivity index (χ2v) is 8.94. The van der Waals surface area contributed by atoms with Crippen LogP contribution in [0.5, 0.6) is 0 Å². The van der Waals surface area contributed by atoms with Crippen molar-refractivity contribution in [2.75, 3.05) is 5.75 Å². The van der Waals surface area contributed by atoms with Gasteiger partial charge in [0.05, 0.1) is 0 Å². The summed E-state index contributed by atoms with van der Waals surface area (Å²) < 4.78 is 5.23. The van der Waals surface area contributed by atoms with Gasteiger partial charge in [-0.3, -0.25) is 14.5 Å². The molecular formula is C23H33N3O4S. The van der Waals surface area contributed by atoms with Crippen molar-refractivity contribution in [3.05, 3.63) is 34.9 Å². The fourth-order valence-electron chi connectivity index (χ4n) is 2.90. The van der Waals surface area contributed by atoms with E-state index in [-0.39, 0.29) is 11.8 Å². The summed E-state index contributed by atoms with van der Waals surface area (Å²) >= 11 is 4.19. The third-order valence-electron chi connectivity index (χ3n) is 4.43. The number of thiol groups is 1. The first-order valence-electron chi connectivity index (χ1n) is 10.1. The molecule has 0 bridgehead atoms. The molecule has 2 atom stereocenters. The van der Waals surface area contributed by atoms with Gasteiger partial charge in [-0.25, -0.2) is 4.79 Å². The van der Waals surface area contributed by atoms with Crippen molar-refractivity contribution in [3.8, 4) is 12.5 Å². The lowest BCUT2D eigenvalue weighted by Crippen LogP contribution is -2.52. The Balaban J connectivity index is 3.35. The summed E-state index contributed by atoms with van der Waals surface area (Å²) in [7, 11) is 0. The molecule has 2 N–H and O–H groups in total. The van der Waals surface area contributed by atoms with Gasteiger partial charge in [0, 0.05) is 17.8 Å². The van der Waals surface area contributed by atoms with Crippen LogP contribution in [0.3, 0.4) is 0 Å². The van der Waals surface area contributed by atoms with Crippen LogP contribution in [0.2, 0.25) is 0 Å². The number of terminal acetylenes is 1. The lowest BCUT2D eigenvalue weighted by atomic mass is 9.95. The zero-order valence-corrected chi connectivity index (χ0v) is 20.2. The molecule has 0 heterocycles. The molecule has 0 aromatic heterocycles. The maximum absolute atomic E-state index is 13.3. The van der Waals surface area contributed by atoms with Gasteiger partial charge in [0.1, 0.15) is 17.7 Å². The minimum atomic E-state index is -1.08. The normalized spacial score (nSPS) is 13.0. The van der Waals surface area contributed by atoms with E-state index in [0.29, 0.717) is 5.56 Å². The van der Waals surface area contributed by atoms with Gasteiger partial charge in [-0.05, 0) is 65.2 Å². The highest BCUT2D eigenvalue weighted by molar-refractivity contribution is 7.80. The molecule has 0 aliphatic carbocycles. The van der Waals surface area contributed by atoms with Crippen LogP contribution in [-0.2, 0) is 14.3 Å². The number of benzene rings is 1. The first kappa shape index (κ1) is 26.4. The Hall–Kier alpha value is -2.66. The maximum atomic E-state index is 13.3. The number of hydrogen-bond acceptors (Lipinski definition) is 5. The van der Waals surface area contributed by atoms with E-state index < -0.39 is 35.6 Å². The van der Waals surface area contributed by atoms with Crippen LogP contribution in [0.4, 0.5) is 4.79 Å². The van der Waals surface area contributed by atoms with Crippen LogP contribution in [-0.4, -0.2) is 46.2 Å². The molecule has 0 spiro atoms. The molecule has 1 aromatic rings. The lowest BCUT2D eigenvalue weighted by molar-refractivity contribution is -0.138. The summed E-state index contributed by atoms with van der Waals surface area (Å²) in [6.07, 6.45) is 4.93. The molecule has 2 unspecified atom stereocenters. The second kappa shape index (κ2) is 11.1. The smallest absolute Gasteiger partial charge is 0.408 e. The molecule has 8 heteroatoms. The van der Waals surface area contributed by atoms with E-state index in [9.17, 15) is 14.4 Å². The second-order valence-electron chi connectivity index (χ2n) is 8.57. The Kier molecular flexibility index (Phi) is 9.44. The Morgan fingerprint density at radius 3 is 2.29 bits per heavy atom. The molecule has 1 rings (SSSR count). The molecule has 0 aliphatic heterocycles. The van der Waals surface area contributed by atoms with E-state index in [4.69, 9.17) is 11.2 Å². The molecule has 0 fully saturated rings. The summed E-state index contributed by atoms with van der Waals surface area (Å²) in [6, 6.07) is 5.52. The Morgan fingerprint density at radius 2 is 1.81 bits per heavy atom. The van der Waals surface area contributed by atoms with Crippen LogP contribution >= 0.6 is 12.6 Å². The zero-order chi connectivity index (χ0) is 23.9. The molecule has 170 valence electrons. The van der Waals surface area contributed by atoms with Gasteiger partial charge in [-0.2, -0.15) is 12.6 Å². The van der Waals surface area contributed by atoms with Gasteiger partial charge in [0.15, 0.2) is 0 Å². The van der Waals surface area contributed by atoms with Gasteiger partial charge in [0.25, 0.3) is 5.91 Å². The van der Waals surface area contributed by atoms with Crippen LogP contribution in [0.1, 0.15) is 57.4 Å². The van der Waals surface area contributed by atoms with Crippen molar-refractivity contribution in [1.82, 2.24) is 15.5 Å². The topological polar surface area (TPSA) is 87.7 Å². The fourth-order valence-corrected chi connectivity index (χ4v) is 3.15. The number of rotatable bonds is 7. The van der Waals surface area contributed by atoms with Crippen LogP contribution in [0, 0.1) is 26.3 Å². The average Bonchev–Trinajstić information content (AvgIpc) is 2.64. The summed E-state index contributed by atoms with van der Waals surface area (Å²) in [5.74, 6) is -1.07. The van der Waals surface area contributed by atoms with E-state index >= 15 is 0 Å². The number of nitrogens with zero attached hydrogens (tertiary/aromatic N) is 1. The summed E-state index contributed by atoms with van der Waals surface area (Å²) in [5, 5.41) is 5.32. The molecule has 0 aliphatic rings. The average molecular weight is 448 g/mol. The number of carbonyl (C=O) groups is 3. The minimum Gasteiger partial charge on any atom is -0.444 e. The maximum Gasteiger partial charge on any atom is 0.408 e. The molecule has 0 saturated heterocycles. The van der Waals surface area contributed by atoms with Gasteiger partial charge >= 0.3 is 6.09 Å². The molecule has 7 nitrogen and oxygen atoms in total. The number of carbonyl (C=O) groups excluding carboxylic acids is 3. The van der Waals surface area contributed by atoms with Crippen molar-refractivity contribution < 1.29 is 19.1 Å². The quantitative estimate of drug-likeness (QED) is 0.340. The molecular weight excluding hydrogens is 414 g/mol. The van der Waals surface area contributed by atoms with E-state index in [2.05, 4.69) is 29.3 Å². The SMILES string of the molecule is C#CN(C(=O)C(CS)NC(=O)OC(C)(C)C)C(C(=O)NC(C)C)c1cccc(C)c1C.